The molecule has 1 amide bonds. The van der Waals surface area contributed by atoms with Gasteiger partial charge in [0, 0.05) is 18.2 Å². The number of halogens is 1. The van der Waals surface area contributed by atoms with E-state index in [1.165, 1.54) is 0 Å². The molecule has 0 spiro atoms. The lowest BCUT2D eigenvalue weighted by molar-refractivity contribution is 0.0933. The van der Waals surface area contributed by atoms with Crippen molar-refractivity contribution in [2.75, 3.05) is 13.2 Å². The Kier molecular flexibility index (Phi) is 10.7. The highest BCUT2D eigenvalue weighted by Gasteiger charge is 2.13. The summed E-state index contributed by atoms with van der Waals surface area (Å²) in [7, 11) is 0. The second kappa shape index (κ2) is 11.3. The number of hydrogen-bond donors (Lipinski definition) is 2. The Balaban J connectivity index is 0.00000441. The van der Waals surface area contributed by atoms with Crippen LogP contribution in [-0.2, 0) is 0 Å². The summed E-state index contributed by atoms with van der Waals surface area (Å²) in [5.74, 6) is 1.23. The minimum atomic E-state index is -0.0776. The fourth-order valence-corrected chi connectivity index (χ4v) is 2.09. The van der Waals surface area contributed by atoms with Crippen LogP contribution >= 0.6 is 12.4 Å². The predicted molar refractivity (Wildman–Crippen MR) is 93.9 cm³/mol. The summed E-state index contributed by atoms with van der Waals surface area (Å²) in [6.07, 6.45) is 3.03. The minimum Gasteiger partial charge on any atom is -0.494 e. The molecule has 0 bridgehead atoms. The van der Waals surface area contributed by atoms with Gasteiger partial charge >= 0.3 is 0 Å². The largest absolute Gasteiger partial charge is 0.494 e. The molecule has 1 atom stereocenters. The molecule has 3 N–H and O–H groups in total. The van der Waals surface area contributed by atoms with Crippen LogP contribution in [0.25, 0.3) is 0 Å². The van der Waals surface area contributed by atoms with E-state index in [0.29, 0.717) is 24.6 Å². The molecule has 1 rings (SSSR count). The van der Waals surface area contributed by atoms with Crippen molar-refractivity contribution < 1.29 is 9.53 Å². The Morgan fingerprint density at radius 2 is 1.91 bits per heavy atom. The maximum absolute atomic E-state index is 12.2. The molecule has 0 saturated carbocycles. The number of nitrogens with one attached hydrogen (secondary N) is 1. The van der Waals surface area contributed by atoms with Gasteiger partial charge in [-0.3, -0.25) is 4.79 Å². The van der Waals surface area contributed by atoms with Gasteiger partial charge in [-0.15, -0.1) is 12.4 Å². The Bertz CT molecular complexity index is 421. The van der Waals surface area contributed by atoms with E-state index in [1.807, 2.05) is 12.1 Å². The molecule has 4 nitrogen and oxygen atoms in total. The molecule has 1 aromatic rings. The van der Waals surface area contributed by atoms with Gasteiger partial charge in [0.2, 0.25) is 0 Å². The van der Waals surface area contributed by atoms with Crippen LogP contribution in [0.15, 0.2) is 24.3 Å². The SMILES string of the molecule is CCCCOc1ccc(C(=O)NC(CN)CC(C)C)cc1.Cl. The Labute approximate surface area is 140 Å². The summed E-state index contributed by atoms with van der Waals surface area (Å²) in [6.45, 7) is 7.55. The number of benzene rings is 1. The van der Waals surface area contributed by atoms with Gasteiger partial charge in [0.1, 0.15) is 5.75 Å². The van der Waals surface area contributed by atoms with E-state index < -0.39 is 0 Å². The van der Waals surface area contributed by atoms with Crippen molar-refractivity contribution in [3.63, 3.8) is 0 Å². The number of amides is 1. The van der Waals surface area contributed by atoms with Gasteiger partial charge in [0.15, 0.2) is 0 Å². The molecule has 5 heteroatoms. The fraction of sp³-hybridized carbons (Fsp3) is 0.588. The van der Waals surface area contributed by atoms with Crippen molar-refractivity contribution in [3.05, 3.63) is 29.8 Å². The average molecular weight is 329 g/mol. The van der Waals surface area contributed by atoms with Gasteiger partial charge in [-0.25, -0.2) is 0 Å². The van der Waals surface area contributed by atoms with Gasteiger partial charge in [-0.1, -0.05) is 27.2 Å². The Morgan fingerprint density at radius 1 is 1.27 bits per heavy atom. The highest BCUT2D eigenvalue weighted by atomic mass is 35.5. The maximum atomic E-state index is 12.2. The first kappa shape index (κ1) is 20.7. The van der Waals surface area contributed by atoms with E-state index in [4.69, 9.17) is 10.5 Å². The molecule has 0 heterocycles. The highest BCUT2D eigenvalue weighted by Crippen LogP contribution is 2.13. The number of carbonyl (C=O) groups is 1. The first-order valence-corrected chi connectivity index (χ1v) is 7.80. The summed E-state index contributed by atoms with van der Waals surface area (Å²) in [6, 6.07) is 7.28. The second-order valence-corrected chi connectivity index (χ2v) is 5.76. The number of rotatable bonds is 9. The molecule has 0 fully saturated rings. The fourth-order valence-electron chi connectivity index (χ4n) is 2.09. The number of carbonyl (C=O) groups excluding carboxylic acids is 1. The van der Waals surface area contributed by atoms with Crippen molar-refractivity contribution in [3.8, 4) is 5.75 Å². The topological polar surface area (TPSA) is 64.3 Å². The van der Waals surface area contributed by atoms with Crippen LogP contribution in [0.3, 0.4) is 0 Å². The van der Waals surface area contributed by atoms with E-state index in [0.717, 1.165) is 25.0 Å². The van der Waals surface area contributed by atoms with Gasteiger partial charge in [-0.05, 0) is 43.0 Å². The van der Waals surface area contributed by atoms with Crippen molar-refractivity contribution in [1.29, 1.82) is 0 Å². The molecule has 126 valence electrons. The number of ether oxygens (including phenoxy) is 1. The molecule has 0 radical (unpaired) electrons. The van der Waals surface area contributed by atoms with Crippen molar-refractivity contribution in [2.45, 2.75) is 46.1 Å². The molecule has 22 heavy (non-hydrogen) atoms. The zero-order chi connectivity index (χ0) is 15.7. The zero-order valence-corrected chi connectivity index (χ0v) is 14.6. The summed E-state index contributed by atoms with van der Waals surface area (Å²) < 4.78 is 5.58. The van der Waals surface area contributed by atoms with Gasteiger partial charge in [-0.2, -0.15) is 0 Å². The first-order valence-electron chi connectivity index (χ1n) is 7.80. The lowest BCUT2D eigenvalue weighted by Gasteiger charge is -2.18. The third-order valence-electron chi connectivity index (χ3n) is 3.26. The summed E-state index contributed by atoms with van der Waals surface area (Å²) in [4.78, 5) is 12.2. The maximum Gasteiger partial charge on any atom is 0.251 e. The van der Waals surface area contributed by atoms with Crippen LogP contribution in [0.5, 0.6) is 5.75 Å². The average Bonchev–Trinajstić information content (AvgIpc) is 2.47. The van der Waals surface area contributed by atoms with Crippen molar-refractivity contribution >= 4 is 18.3 Å². The molecule has 0 aliphatic heterocycles. The summed E-state index contributed by atoms with van der Waals surface area (Å²) >= 11 is 0. The number of hydrogen-bond acceptors (Lipinski definition) is 3. The van der Waals surface area contributed by atoms with Crippen LogP contribution in [0.1, 0.15) is 50.4 Å². The van der Waals surface area contributed by atoms with Crippen molar-refractivity contribution in [1.82, 2.24) is 5.32 Å². The van der Waals surface area contributed by atoms with E-state index in [9.17, 15) is 4.79 Å². The smallest absolute Gasteiger partial charge is 0.251 e. The Hall–Kier alpha value is -1.26. The minimum absolute atomic E-state index is 0. The lowest BCUT2D eigenvalue weighted by Crippen LogP contribution is -2.41. The molecular formula is C17H29ClN2O2. The van der Waals surface area contributed by atoms with Crippen LogP contribution in [-0.4, -0.2) is 25.1 Å². The molecule has 0 aliphatic carbocycles. The van der Waals surface area contributed by atoms with E-state index >= 15 is 0 Å². The quantitative estimate of drug-likeness (QED) is 0.683. The van der Waals surface area contributed by atoms with Crippen LogP contribution in [0.4, 0.5) is 0 Å². The molecule has 0 aliphatic rings. The predicted octanol–water partition coefficient (Wildman–Crippen LogP) is 3.39. The number of unbranched alkanes of at least 4 members (excludes halogenated alkanes) is 1. The van der Waals surface area contributed by atoms with Crippen LogP contribution < -0.4 is 15.8 Å². The molecule has 1 unspecified atom stereocenters. The third-order valence-corrected chi connectivity index (χ3v) is 3.26. The second-order valence-electron chi connectivity index (χ2n) is 5.76. The van der Waals surface area contributed by atoms with Crippen molar-refractivity contribution in [2.24, 2.45) is 11.7 Å². The molecule has 1 aromatic carbocycles. The van der Waals surface area contributed by atoms with Gasteiger partial charge in [0.05, 0.1) is 6.61 Å². The number of nitrogens with two attached hydrogens (primary N) is 1. The van der Waals surface area contributed by atoms with Gasteiger partial charge in [0.25, 0.3) is 5.91 Å². The normalized spacial score (nSPS) is 11.7. The third kappa shape index (κ3) is 7.66. The Morgan fingerprint density at radius 3 is 2.41 bits per heavy atom. The monoisotopic (exact) mass is 328 g/mol. The molecule has 0 aromatic heterocycles. The van der Waals surface area contributed by atoms with Crippen LogP contribution in [0.2, 0.25) is 0 Å². The van der Waals surface area contributed by atoms with E-state index in [1.54, 1.807) is 12.1 Å². The summed E-state index contributed by atoms with van der Waals surface area (Å²) in [5, 5.41) is 2.98. The molecular weight excluding hydrogens is 300 g/mol. The van der Waals surface area contributed by atoms with Gasteiger partial charge < -0.3 is 15.8 Å². The highest BCUT2D eigenvalue weighted by molar-refractivity contribution is 5.94. The standard InChI is InChI=1S/C17H28N2O2.ClH/c1-4-5-10-21-16-8-6-14(7-9-16)17(20)19-15(12-18)11-13(2)3;/h6-9,13,15H,4-5,10-12,18H2,1-3H3,(H,19,20);1H. The molecule has 0 saturated heterocycles. The zero-order valence-electron chi connectivity index (χ0n) is 13.8. The van der Waals surface area contributed by atoms with Crippen LogP contribution in [0, 0.1) is 5.92 Å². The van der Waals surface area contributed by atoms with E-state index in [-0.39, 0.29) is 24.4 Å². The first-order chi connectivity index (χ1) is 10.1. The lowest BCUT2D eigenvalue weighted by atomic mass is 10.0. The summed E-state index contributed by atoms with van der Waals surface area (Å²) in [5.41, 5.74) is 6.34. The van der Waals surface area contributed by atoms with E-state index in [2.05, 4.69) is 26.1 Å².